The van der Waals surface area contributed by atoms with Crippen LogP contribution in [0, 0.1) is 12.3 Å². The normalized spacial score (nSPS) is 18.8. The highest BCUT2D eigenvalue weighted by Gasteiger charge is 2.49. The standard InChI is InChI=1S/C31H35ClN6O2S2/c1-19-28(32)25(9-12-34-19)41-27-8-7-24-29(37-27)35-18-26(36-24)38-13-10-31(11-14-38)16-20-15-21(40-4)5-6-22(20)23(31)17-30(2,3)42(33)39/h5-9,12,15,18,23H,10-11,13-14,16-17,33H2,1-4H3/t23-,42?/m1/s1. The number of pyridine rings is 2. The summed E-state index contributed by atoms with van der Waals surface area (Å²) in [6.07, 6.45) is 7.35. The predicted octanol–water partition coefficient (Wildman–Crippen LogP) is 6.26. The van der Waals surface area contributed by atoms with Crippen LogP contribution in [0.4, 0.5) is 5.82 Å². The average molecular weight is 623 g/mol. The largest absolute Gasteiger partial charge is 0.497 e. The summed E-state index contributed by atoms with van der Waals surface area (Å²) in [6, 6.07) is 12.2. The Labute approximate surface area is 258 Å². The summed E-state index contributed by atoms with van der Waals surface area (Å²) in [7, 11) is 0.297. The number of benzene rings is 1. The third-order valence-corrected chi connectivity index (χ3v) is 11.8. The van der Waals surface area contributed by atoms with Gasteiger partial charge < -0.3 is 9.64 Å². The first-order valence-electron chi connectivity index (χ1n) is 14.1. The van der Waals surface area contributed by atoms with Gasteiger partial charge in [-0.1, -0.05) is 29.4 Å². The molecule has 11 heteroatoms. The highest BCUT2D eigenvalue weighted by atomic mass is 35.5. The zero-order valence-electron chi connectivity index (χ0n) is 24.3. The Balaban J connectivity index is 1.21. The lowest BCUT2D eigenvalue weighted by molar-refractivity contribution is 0.170. The SMILES string of the molecule is COc1ccc2c(c1)CC1(CCN(c3cnc4nc(Sc5ccnc(C)c5Cl)ccc4n3)CC1)[C@@H]2CC(C)(C)S(N)=O. The third-order valence-electron chi connectivity index (χ3n) is 8.94. The molecular formula is C31H35ClN6O2S2. The quantitative estimate of drug-likeness (QED) is 0.257. The molecule has 3 aromatic heterocycles. The highest BCUT2D eigenvalue weighted by Crippen LogP contribution is 2.57. The summed E-state index contributed by atoms with van der Waals surface area (Å²) in [5.41, 5.74) is 4.92. The zero-order chi connectivity index (χ0) is 29.6. The van der Waals surface area contributed by atoms with E-state index in [-0.39, 0.29) is 11.3 Å². The number of aryl methyl sites for hydroxylation is 1. The number of nitrogens with zero attached hydrogens (tertiary/aromatic N) is 5. The van der Waals surface area contributed by atoms with Crippen LogP contribution in [0.15, 0.2) is 58.7 Å². The van der Waals surface area contributed by atoms with Gasteiger partial charge in [-0.15, -0.1) is 0 Å². The molecule has 1 spiro atoms. The van der Waals surface area contributed by atoms with Gasteiger partial charge in [0.1, 0.15) is 22.1 Å². The first-order valence-corrected chi connectivity index (χ1v) is 16.5. The molecule has 8 nitrogen and oxygen atoms in total. The fourth-order valence-electron chi connectivity index (χ4n) is 6.44. The molecule has 6 rings (SSSR count). The third kappa shape index (κ3) is 5.50. The maximum Gasteiger partial charge on any atom is 0.179 e. The molecule has 4 heterocycles. The Morgan fingerprint density at radius 1 is 1.17 bits per heavy atom. The topological polar surface area (TPSA) is 107 Å². The number of hydrogen-bond donors (Lipinski definition) is 1. The van der Waals surface area contributed by atoms with Gasteiger partial charge in [-0.05, 0) is 99.2 Å². The summed E-state index contributed by atoms with van der Waals surface area (Å²) >= 11 is 7.93. The van der Waals surface area contributed by atoms with Gasteiger partial charge in [0.25, 0.3) is 0 Å². The number of piperidine rings is 1. The molecule has 220 valence electrons. The fourth-order valence-corrected chi connectivity index (χ4v) is 7.86. The molecule has 0 bridgehead atoms. The van der Waals surface area contributed by atoms with Gasteiger partial charge in [-0.25, -0.2) is 19.2 Å². The van der Waals surface area contributed by atoms with Crippen molar-refractivity contribution in [2.75, 3.05) is 25.1 Å². The first-order chi connectivity index (χ1) is 20.1. The molecule has 1 aliphatic carbocycles. The maximum absolute atomic E-state index is 12.5. The minimum atomic E-state index is -1.41. The smallest absolute Gasteiger partial charge is 0.179 e. The van der Waals surface area contributed by atoms with Crippen LogP contribution in [-0.4, -0.2) is 49.1 Å². The predicted molar refractivity (Wildman–Crippen MR) is 170 cm³/mol. The van der Waals surface area contributed by atoms with Gasteiger partial charge in [-0.3, -0.25) is 10.1 Å². The maximum atomic E-state index is 12.5. The number of anilines is 1. The summed E-state index contributed by atoms with van der Waals surface area (Å²) < 4.78 is 17.5. The number of nitrogens with two attached hydrogens (primary N) is 1. The number of fused-ring (bicyclic) bond motifs is 2. The van der Waals surface area contributed by atoms with Crippen LogP contribution in [0.25, 0.3) is 11.2 Å². The minimum Gasteiger partial charge on any atom is -0.497 e. The number of ether oxygens (including phenoxy) is 1. The number of rotatable bonds is 7. The van der Waals surface area contributed by atoms with Crippen LogP contribution < -0.4 is 14.8 Å². The lowest BCUT2D eigenvalue weighted by Crippen LogP contribution is -2.45. The van der Waals surface area contributed by atoms with E-state index in [1.165, 1.54) is 22.9 Å². The monoisotopic (exact) mass is 622 g/mol. The van der Waals surface area contributed by atoms with Crippen molar-refractivity contribution in [3.63, 3.8) is 0 Å². The van der Waals surface area contributed by atoms with E-state index in [9.17, 15) is 4.21 Å². The van der Waals surface area contributed by atoms with E-state index in [4.69, 9.17) is 31.4 Å². The second-order valence-electron chi connectivity index (χ2n) is 11.9. The van der Waals surface area contributed by atoms with Crippen LogP contribution in [-0.2, 0) is 17.4 Å². The number of hydrogen-bond acceptors (Lipinski definition) is 8. The minimum absolute atomic E-state index is 0.0758. The molecule has 0 amide bonds. The number of aromatic nitrogens is 4. The van der Waals surface area contributed by atoms with Crippen molar-refractivity contribution in [2.24, 2.45) is 10.6 Å². The van der Waals surface area contributed by atoms with E-state index in [0.717, 1.165) is 71.5 Å². The first kappa shape index (κ1) is 29.3. The van der Waals surface area contributed by atoms with E-state index in [1.807, 2.05) is 51.2 Å². The van der Waals surface area contributed by atoms with Crippen LogP contribution in [0.5, 0.6) is 5.75 Å². The van der Waals surface area contributed by atoms with Crippen LogP contribution in [0.3, 0.4) is 0 Å². The number of methoxy groups -OCH3 is 1. The van der Waals surface area contributed by atoms with Crippen molar-refractivity contribution in [1.29, 1.82) is 0 Å². The Morgan fingerprint density at radius 3 is 2.69 bits per heavy atom. The van der Waals surface area contributed by atoms with Gasteiger partial charge in [0, 0.05) is 24.2 Å². The molecule has 1 fully saturated rings. The second kappa shape index (κ2) is 11.4. The summed E-state index contributed by atoms with van der Waals surface area (Å²) in [5, 5.41) is 7.40. The van der Waals surface area contributed by atoms with Gasteiger partial charge in [0.05, 0.1) is 39.8 Å². The van der Waals surface area contributed by atoms with E-state index in [1.54, 1.807) is 13.3 Å². The molecule has 4 aromatic rings. The van der Waals surface area contributed by atoms with Crippen molar-refractivity contribution in [2.45, 2.75) is 67.0 Å². The molecule has 0 saturated carbocycles. The molecule has 42 heavy (non-hydrogen) atoms. The van der Waals surface area contributed by atoms with Crippen molar-refractivity contribution in [1.82, 2.24) is 19.9 Å². The summed E-state index contributed by atoms with van der Waals surface area (Å²) in [4.78, 5) is 21.8. The van der Waals surface area contributed by atoms with Crippen molar-refractivity contribution >= 4 is 51.3 Å². The van der Waals surface area contributed by atoms with Gasteiger partial charge in [-0.2, -0.15) is 0 Å². The van der Waals surface area contributed by atoms with Crippen LogP contribution >= 0.6 is 23.4 Å². The van der Waals surface area contributed by atoms with Gasteiger partial charge in [0.15, 0.2) is 5.65 Å². The molecule has 0 radical (unpaired) electrons. The number of halogens is 1. The van der Waals surface area contributed by atoms with Crippen LogP contribution in [0.1, 0.15) is 55.8 Å². The highest BCUT2D eigenvalue weighted by molar-refractivity contribution is 7.99. The molecule has 1 saturated heterocycles. The summed E-state index contributed by atoms with van der Waals surface area (Å²) in [6.45, 7) is 7.66. The molecule has 2 N–H and O–H groups in total. The van der Waals surface area contributed by atoms with E-state index in [0.29, 0.717) is 10.7 Å². The Morgan fingerprint density at radius 2 is 1.95 bits per heavy atom. The van der Waals surface area contributed by atoms with E-state index >= 15 is 0 Å². The van der Waals surface area contributed by atoms with Gasteiger partial charge >= 0.3 is 0 Å². The lowest BCUT2D eigenvalue weighted by atomic mass is 9.67. The Kier molecular flexibility index (Phi) is 7.93. The van der Waals surface area contributed by atoms with Gasteiger partial charge in [0.2, 0.25) is 0 Å². The zero-order valence-corrected chi connectivity index (χ0v) is 26.7. The molecular weight excluding hydrogens is 588 g/mol. The Hall–Kier alpha value is -2.79. The molecule has 2 atom stereocenters. The molecule has 1 aliphatic heterocycles. The Bertz CT molecular complexity index is 1680. The van der Waals surface area contributed by atoms with E-state index < -0.39 is 15.7 Å². The van der Waals surface area contributed by atoms with Crippen LogP contribution in [0.2, 0.25) is 5.02 Å². The second-order valence-corrected chi connectivity index (χ2v) is 15.1. The van der Waals surface area contributed by atoms with Crippen molar-refractivity contribution in [3.05, 3.63) is 70.6 Å². The lowest BCUT2D eigenvalue weighted by Gasteiger charge is -2.45. The van der Waals surface area contributed by atoms with Crippen molar-refractivity contribution < 1.29 is 8.95 Å². The molecule has 1 aromatic carbocycles. The fraction of sp³-hybridized carbons (Fsp3) is 0.419. The van der Waals surface area contributed by atoms with Crippen molar-refractivity contribution in [3.8, 4) is 5.75 Å². The summed E-state index contributed by atoms with van der Waals surface area (Å²) in [5.74, 6) is 2.03. The molecule has 1 unspecified atom stereocenters. The average Bonchev–Trinajstić information content (AvgIpc) is 3.26. The molecule has 2 aliphatic rings. The van der Waals surface area contributed by atoms with E-state index in [2.05, 4.69) is 27.0 Å².